The fourth-order valence-corrected chi connectivity index (χ4v) is 3.55. The molecule has 0 radical (unpaired) electrons. The van der Waals surface area contributed by atoms with Crippen LogP contribution in [0.5, 0.6) is 0 Å². The Morgan fingerprint density at radius 3 is 2.94 bits per heavy atom. The molecule has 0 saturated carbocycles. The van der Waals surface area contributed by atoms with Crippen molar-refractivity contribution in [1.82, 2.24) is 10.3 Å². The van der Waals surface area contributed by atoms with Crippen LogP contribution in [0.4, 0.5) is 0 Å². The highest BCUT2D eigenvalue weighted by molar-refractivity contribution is 7.09. The van der Waals surface area contributed by atoms with E-state index in [4.69, 9.17) is 4.74 Å². The first-order valence-electron chi connectivity index (χ1n) is 6.93. The Balaban J connectivity index is 2.25. The molecule has 0 amide bonds. The molecule has 1 aliphatic rings. The highest BCUT2D eigenvalue weighted by Crippen LogP contribution is 2.41. The Morgan fingerprint density at radius 2 is 2.33 bits per heavy atom. The summed E-state index contributed by atoms with van der Waals surface area (Å²) in [5.74, 6) is 0. The van der Waals surface area contributed by atoms with Crippen LogP contribution in [0.2, 0.25) is 0 Å². The van der Waals surface area contributed by atoms with Gasteiger partial charge in [-0.2, -0.15) is 0 Å². The molecule has 0 spiro atoms. The van der Waals surface area contributed by atoms with E-state index in [1.807, 2.05) is 6.20 Å². The Hall–Kier alpha value is -0.450. The van der Waals surface area contributed by atoms with Gasteiger partial charge in [0.25, 0.3) is 0 Å². The van der Waals surface area contributed by atoms with Gasteiger partial charge in [-0.1, -0.05) is 13.8 Å². The summed E-state index contributed by atoms with van der Waals surface area (Å²) in [7, 11) is 0. The summed E-state index contributed by atoms with van der Waals surface area (Å²) < 4.78 is 5.98. The van der Waals surface area contributed by atoms with Crippen molar-refractivity contribution in [2.75, 3.05) is 13.2 Å². The zero-order valence-electron chi connectivity index (χ0n) is 11.7. The molecule has 0 aromatic carbocycles. The Bertz CT molecular complexity index is 368. The van der Waals surface area contributed by atoms with Crippen molar-refractivity contribution in [2.24, 2.45) is 0 Å². The summed E-state index contributed by atoms with van der Waals surface area (Å²) in [6, 6.07) is 0. The zero-order chi connectivity index (χ0) is 13.1. The van der Waals surface area contributed by atoms with Crippen LogP contribution in [-0.2, 0) is 10.3 Å². The van der Waals surface area contributed by atoms with Gasteiger partial charge in [0.15, 0.2) is 0 Å². The van der Waals surface area contributed by atoms with Crippen molar-refractivity contribution in [2.45, 2.75) is 57.6 Å². The van der Waals surface area contributed by atoms with Crippen molar-refractivity contribution in [1.29, 1.82) is 0 Å². The molecule has 1 aliphatic heterocycles. The van der Waals surface area contributed by atoms with Gasteiger partial charge in [0, 0.05) is 24.6 Å². The summed E-state index contributed by atoms with van der Waals surface area (Å²) in [6.45, 7) is 8.50. The molecule has 18 heavy (non-hydrogen) atoms. The van der Waals surface area contributed by atoms with E-state index in [-0.39, 0.29) is 11.1 Å². The molecule has 3 nitrogen and oxygen atoms in total. The lowest BCUT2D eigenvalue weighted by Gasteiger charge is -2.45. The van der Waals surface area contributed by atoms with Crippen molar-refractivity contribution >= 4 is 11.3 Å². The van der Waals surface area contributed by atoms with Gasteiger partial charge in [-0.3, -0.25) is 0 Å². The topological polar surface area (TPSA) is 34.2 Å². The van der Waals surface area contributed by atoms with E-state index in [1.54, 1.807) is 11.3 Å². The molecule has 2 rings (SSSR count). The van der Waals surface area contributed by atoms with E-state index in [1.165, 1.54) is 5.01 Å². The van der Waals surface area contributed by atoms with Crippen LogP contribution in [0, 0.1) is 0 Å². The molecule has 2 heterocycles. The molecule has 2 atom stereocenters. The average molecular weight is 268 g/mol. The zero-order valence-corrected chi connectivity index (χ0v) is 12.5. The van der Waals surface area contributed by atoms with Crippen LogP contribution in [-0.4, -0.2) is 23.7 Å². The monoisotopic (exact) mass is 268 g/mol. The van der Waals surface area contributed by atoms with Gasteiger partial charge in [0.05, 0.1) is 11.1 Å². The molecule has 1 aromatic rings. The minimum atomic E-state index is -0.0232. The van der Waals surface area contributed by atoms with Gasteiger partial charge in [-0.25, -0.2) is 4.98 Å². The molecule has 1 N–H and O–H groups in total. The summed E-state index contributed by atoms with van der Waals surface area (Å²) >= 11 is 1.76. The third-order valence-corrected chi connectivity index (χ3v) is 4.94. The van der Waals surface area contributed by atoms with Crippen LogP contribution in [0.1, 0.15) is 51.5 Å². The smallest absolute Gasteiger partial charge is 0.113 e. The normalized spacial score (nSPS) is 32.6. The van der Waals surface area contributed by atoms with Crippen LogP contribution in [0.25, 0.3) is 0 Å². The second-order valence-electron chi connectivity index (χ2n) is 5.42. The molecule has 4 heteroatoms. The lowest BCUT2D eigenvalue weighted by Crippen LogP contribution is -2.53. The Morgan fingerprint density at radius 1 is 1.50 bits per heavy atom. The number of nitrogens with zero attached hydrogens (tertiary/aromatic N) is 1. The number of nitrogens with one attached hydrogen (secondary N) is 1. The molecule has 1 aromatic heterocycles. The minimum Gasteiger partial charge on any atom is -0.375 e. The minimum absolute atomic E-state index is 0.0210. The molecular formula is C14H24N2OS. The number of hydrogen-bond acceptors (Lipinski definition) is 4. The standard InChI is InChI=1S/C14H24N2OS/c1-4-7-16-14(12-15-8-10-18-12)6-9-17-13(3,5-2)11-14/h8,10,16H,4-7,9,11H2,1-3H3. The number of aromatic nitrogens is 1. The molecule has 1 fully saturated rings. The first-order valence-corrected chi connectivity index (χ1v) is 7.81. The third kappa shape index (κ3) is 2.76. The van der Waals surface area contributed by atoms with Crippen molar-refractivity contribution in [3.05, 3.63) is 16.6 Å². The van der Waals surface area contributed by atoms with Crippen molar-refractivity contribution in [3.8, 4) is 0 Å². The lowest BCUT2D eigenvalue weighted by atomic mass is 9.79. The second-order valence-corrected chi connectivity index (χ2v) is 6.32. The number of rotatable bonds is 5. The quantitative estimate of drug-likeness (QED) is 0.889. The molecule has 0 bridgehead atoms. The van der Waals surface area contributed by atoms with Gasteiger partial charge in [0.1, 0.15) is 5.01 Å². The van der Waals surface area contributed by atoms with Crippen LogP contribution < -0.4 is 5.32 Å². The fraction of sp³-hybridized carbons (Fsp3) is 0.786. The second kappa shape index (κ2) is 5.68. The highest BCUT2D eigenvalue weighted by atomic mass is 32.1. The predicted molar refractivity (Wildman–Crippen MR) is 76.0 cm³/mol. The lowest BCUT2D eigenvalue weighted by molar-refractivity contribution is -0.103. The van der Waals surface area contributed by atoms with Gasteiger partial charge in [-0.05, 0) is 32.7 Å². The van der Waals surface area contributed by atoms with E-state index in [2.05, 4.69) is 36.5 Å². The number of thiazole rings is 1. The molecule has 102 valence electrons. The Kier molecular flexibility index (Phi) is 4.41. The highest BCUT2D eigenvalue weighted by Gasteiger charge is 2.44. The molecular weight excluding hydrogens is 244 g/mol. The predicted octanol–water partition coefficient (Wildman–Crippen LogP) is 3.32. The van der Waals surface area contributed by atoms with E-state index in [0.29, 0.717) is 0 Å². The van der Waals surface area contributed by atoms with Crippen LogP contribution in [0.15, 0.2) is 11.6 Å². The largest absolute Gasteiger partial charge is 0.375 e. The fourth-order valence-electron chi connectivity index (χ4n) is 2.71. The number of ether oxygens (including phenoxy) is 1. The van der Waals surface area contributed by atoms with E-state index in [9.17, 15) is 0 Å². The summed E-state index contributed by atoms with van der Waals surface area (Å²) in [4.78, 5) is 4.57. The summed E-state index contributed by atoms with van der Waals surface area (Å²) in [5.41, 5.74) is -0.00213. The molecule has 1 saturated heterocycles. The third-order valence-electron chi connectivity index (χ3n) is 3.96. The van der Waals surface area contributed by atoms with Crippen molar-refractivity contribution in [3.63, 3.8) is 0 Å². The number of hydrogen-bond donors (Lipinski definition) is 1. The molecule has 2 unspecified atom stereocenters. The summed E-state index contributed by atoms with van der Waals surface area (Å²) in [5, 5.41) is 7.04. The summed E-state index contributed by atoms with van der Waals surface area (Å²) in [6.07, 6.45) is 6.15. The Labute approximate surface area is 114 Å². The van der Waals surface area contributed by atoms with E-state index < -0.39 is 0 Å². The van der Waals surface area contributed by atoms with E-state index >= 15 is 0 Å². The maximum absolute atomic E-state index is 5.98. The van der Waals surface area contributed by atoms with Gasteiger partial charge < -0.3 is 10.1 Å². The average Bonchev–Trinajstić information content (AvgIpc) is 2.91. The SMILES string of the molecule is CCCNC1(c2nccs2)CCOC(C)(CC)C1. The van der Waals surface area contributed by atoms with Gasteiger partial charge in [-0.15, -0.1) is 11.3 Å². The van der Waals surface area contributed by atoms with Crippen LogP contribution >= 0.6 is 11.3 Å². The maximum Gasteiger partial charge on any atom is 0.113 e. The van der Waals surface area contributed by atoms with Crippen molar-refractivity contribution < 1.29 is 4.74 Å². The molecule has 0 aliphatic carbocycles. The van der Waals surface area contributed by atoms with Gasteiger partial charge >= 0.3 is 0 Å². The van der Waals surface area contributed by atoms with Gasteiger partial charge in [0.2, 0.25) is 0 Å². The van der Waals surface area contributed by atoms with E-state index in [0.717, 1.165) is 38.8 Å². The maximum atomic E-state index is 5.98. The van der Waals surface area contributed by atoms with Crippen LogP contribution in [0.3, 0.4) is 0 Å². The first kappa shape index (κ1) is 14.0. The first-order chi connectivity index (χ1) is 8.64.